The van der Waals surface area contributed by atoms with Gasteiger partial charge in [-0.05, 0) is 67.1 Å². The molecule has 5 nitrogen and oxygen atoms in total. The first kappa shape index (κ1) is 21.6. The predicted octanol–water partition coefficient (Wildman–Crippen LogP) is 4.28. The second kappa shape index (κ2) is 9.69. The number of halogens is 1. The van der Waals surface area contributed by atoms with Gasteiger partial charge >= 0.3 is 6.03 Å². The number of urea groups is 1. The molecule has 0 aromatic heterocycles. The Balaban J connectivity index is 1.50. The maximum absolute atomic E-state index is 13.4. The standard InChI is InChI=1S/C25H32FN3O2/c1-28-16-20-4-3-5-24(23(20)17-28)29(15-19-6-10-21(26)11-7-19)25(30)27-14-18-8-12-22(31-2)13-9-18/h6-13,20,23-24H,3-5,14-17H2,1-2H3,(H,27,30). The van der Waals surface area contributed by atoms with E-state index in [1.54, 1.807) is 19.2 Å². The minimum atomic E-state index is -0.255. The molecule has 0 spiro atoms. The highest BCUT2D eigenvalue weighted by atomic mass is 19.1. The van der Waals surface area contributed by atoms with Gasteiger partial charge in [0.1, 0.15) is 11.6 Å². The molecule has 4 rings (SSSR count). The van der Waals surface area contributed by atoms with E-state index < -0.39 is 0 Å². The van der Waals surface area contributed by atoms with Gasteiger partial charge in [-0.15, -0.1) is 0 Å². The molecule has 2 amide bonds. The SMILES string of the molecule is COc1ccc(CNC(=O)N(Cc2ccc(F)cc2)C2CCCC3CN(C)CC32)cc1. The molecule has 1 N–H and O–H groups in total. The maximum Gasteiger partial charge on any atom is 0.318 e. The first-order valence-corrected chi connectivity index (χ1v) is 11.1. The van der Waals surface area contributed by atoms with Crippen LogP contribution in [0.4, 0.5) is 9.18 Å². The Morgan fingerprint density at radius 1 is 1.10 bits per heavy atom. The molecule has 6 heteroatoms. The molecular formula is C25H32FN3O2. The summed E-state index contributed by atoms with van der Waals surface area (Å²) in [6.07, 6.45) is 3.40. The topological polar surface area (TPSA) is 44.8 Å². The van der Waals surface area contributed by atoms with E-state index in [0.717, 1.165) is 42.8 Å². The Morgan fingerprint density at radius 3 is 2.52 bits per heavy atom. The number of nitrogens with one attached hydrogen (secondary N) is 1. The second-order valence-electron chi connectivity index (χ2n) is 8.90. The highest BCUT2D eigenvalue weighted by Crippen LogP contribution is 2.38. The highest BCUT2D eigenvalue weighted by molar-refractivity contribution is 5.74. The summed E-state index contributed by atoms with van der Waals surface area (Å²) in [5, 5.41) is 3.12. The van der Waals surface area contributed by atoms with Crippen LogP contribution in [0.3, 0.4) is 0 Å². The van der Waals surface area contributed by atoms with E-state index in [1.165, 1.54) is 18.6 Å². The van der Waals surface area contributed by atoms with Gasteiger partial charge in [0.15, 0.2) is 0 Å². The van der Waals surface area contributed by atoms with E-state index in [2.05, 4.69) is 17.3 Å². The minimum absolute atomic E-state index is 0.0552. The van der Waals surface area contributed by atoms with Gasteiger partial charge in [0.2, 0.25) is 0 Å². The first-order chi connectivity index (χ1) is 15.0. The number of carbonyl (C=O) groups excluding carboxylic acids is 1. The Kier molecular flexibility index (Phi) is 6.76. The number of likely N-dealkylation sites (tertiary alicyclic amines) is 1. The lowest BCUT2D eigenvalue weighted by molar-refractivity contribution is 0.101. The lowest BCUT2D eigenvalue weighted by atomic mass is 9.77. The average molecular weight is 426 g/mol. The van der Waals surface area contributed by atoms with Crippen molar-refractivity contribution in [3.8, 4) is 5.75 Å². The number of methoxy groups -OCH3 is 1. The van der Waals surface area contributed by atoms with E-state index in [0.29, 0.717) is 24.9 Å². The molecule has 1 aliphatic heterocycles. The van der Waals surface area contributed by atoms with Crippen molar-refractivity contribution in [1.82, 2.24) is 15.1 Å². The lowest BCUT2D eigenvalue weighted by Gasteiger charge is -2.41. The van der Waals surface area contributed by atoms with E-state index in [4.69, 9.17) is 4.74 Å². The van der Waals surface area contributed by atoms with Gasteiger partial charge < -0.3 is 19.9 Å². The molecule has 1 aliphatic carbocycles. The monoisotopic (exact) mass is 425 g/mol. The van der Waals surface area contributed by atoms with Gasteiger partial charge in [-0.25, -0.2) is 9.18 Å². The molecule has 31 heavy (non-hydrogen) atoms. The van der Waals surface area contributed by atoms with Crippen LogP contribution in [-0.4, -0.2) is 49.1 Å². The van der Waals surface area contributed by atoms with Gasteiger partial charge in [0, 0.05) is 32.2 Å². The summed E-state index contributed by atoms with van der Waals surface area (Å²) in [6.45, 7) is 3.09. The van der Waals surface area contributed by atoms with Crippen LogP contribution in [0.5, 0.6) is 5.75 Å². The Bertz CT molecular complexity index is 871. The normalized spacial score (nSPS) is 23.3. The fourth-order valence-electron chi connectivity index (χ4n) is 5.20. The Labute approximate surface area is 184 Å². The summed E-state index contributed by atoms with van der Waals surface area (Å²) < 4.78 is 18.6. The summed E-state index contributed by atoms with van der Waals surface area (Å²) >= 11 is 0. The van der Waals surface area contributed by atoms with E-state index in [1.807, 2.05) is 29.2 Å². The van der Waals surface area contributed by atoms with Crippen LogP contribution in [0.2, 0.25) is 0 Å². The van der Waals surface area contributed by atoms with Gasteiger partial charge in [0.05, 0.1) is 7.11 Å². The molecular weight excluding hydrogens is 393 g/mol. The van der Waals surface area contributed by atoms with Crippen molar-refractivity contribution >= 4 is 6.03 Å². The van der Waals surface area contributed by atoms with E-state index in [-0.39, 0.29) is 17.9 Å². The van der Waals surface area contributed by atoms with Gasteiger partial charge in [-0.1, -0.05) is 30.7 Å². The van der Waals surface area contributed by atoms with Crippen LogP contribution in [0.15, 0.2) is 48.5 Å². The molecule has 1 saturated heterocycles. The Hall–Kier alpha value is -2.60. The molecule has 0 bridgehead atoms. The number of fused-ring (bicyclic) bond motifs is 1. The van der Waals surface area contributed by atoms with E-state index >= 15 is 0 Å². The van der Waals surface area contributed by atoms with Crippen LogP contribution in [-0.2, 0) is 13.1 Å². The number of hydrogen-bond donors (Lipinski definition) is 1. The molecule has 2 fully saturated rings. The van der Waals surface area contributed by atoms with Crippen molar-refractivity contribution in [3.05, 3.63) is 65.5 Å². The average Bonchev–Trinajstić information content (AvgIpc) is 3.18. The van der Waals surface area contributed by atoms with Crippen molar-refractivity contribution in [2.45, 2.75) is 38.4 Å². The number of amides is 2. The number of rotatable bonds is 6. The lowest BCUT2D eigenvalue weighted by Crippen LogP contribution is -2.51. The van der Waals surface area contributed by atoms with Crippen molar-refractivity contribution in [2.75, 3.05) is 27.2 Å². The number of carbonyl (C=O) groups is 1. The van der Waals surface area contributed by atoms with Crippen molar-refractivity contribution in [1.29, 1.82) is 0 Å². The number of benzene rings is 2. The third-order valence-corrected chi connectivity index (χ3v) is 6.77. The summed E-state index contributed by atoms with van der Waals surface area (Å²) in [5.74, 6) is 1.68. The predicted molar refractivity (Wildman–Crippen MR) is 119 cm³/mol. The van der Waals surface area contributed by atoms with Crippen molar-refractivity contribution < 1.29 is 13.9 Å². The molecule has 1 saturated carbocycles. The van der Waals surface area contributed by atoms with Gasteiger partial charge in [0.25, 0.3) is 0 Å². The third kappa shape index (κ3) is 5.18. The van der Waals surface area contributed by atoms with Gasteiger partial charge in [-0.2, -0.15) is 0 Å². The maximum atomic E-state index is 13.4. The molecule has 0 radical (unpaired) electrons. The molecule has 3 unspecified atom stereocenters. The highest BCUT2D eigenvalue weighted by Gasteiger charge is 2.42. The fraction of sp³-hybridized carbons (Fsp3) is 0.480. The molecule has 2 aromatic rings. The summed E-state index contributed by atoms with van der Waals surface area (Å²) in [5.41, 5.74) is 1.98. The fourth-order valence-corrected chi connectivity index (χ4v) is 5.20. The van der Waals surface area contributed by atoms with Crippen molar-refractivity contribution in [2.24, 2.45) is 11.8 Å². The summed E-state index contributed by atoms with van der Waals surface area (Å²) in [7, 11) is 3.81. The molecule has 3 atom stereocenters. The zero-order chi connectivity index (χ0) is 21.8. The molecule has 1 heterocycles. The smallest absolute Gasteiger partial charge is 0.318 e. The van der Waals surface area contributed by atoms with Crippen LogP contribution in [0.25, 0.3) is 0 Å². The number of hydrogen-bond acceptors (Lipinski definition) is 3. The van der Waals surface area contributed by atoms with Gasteiger partial charge in [-0.3, -0.25) is 0 Å². The first-order valence-electron chi connectivity index (χ1n) is 11.1. The van der Waals surface area contributed by atoms with Crippen LogP contribution in [0.1, 0.15) is 30.4 Å². The minimum Gasteiger partial charge on any atom is -0.497 e. The molecule has 2 aromatic carbocycles. The zero-order valence-electron chi connectivity index (χ0n) is 18.4. The largest absolute Gasteiger partial charge is 0.497 e. The number of ether oxygens (including phenoxy) is 1. The summed E-state index contributed by atoms with van der Waals surface area (Å²) in [4.78, 5) is 17.8. The van der Waals surface area contributed by atoms with Crippen LogP contribution >= 0.6 is 0 Å². The van der Waals surface area contributed by atoms with Crippen LogP contribution < -0.4 is 10.1 Å². The number of nitrogens with zero attached hydrogens (tertiary/aromatic N) is 2. The quantitative estimate of drug-likeness (QED) is 0.752. The second-order valence-corrected chi connectivity index (χ2v) is 8.90. The Morgan fingerprint density at radius 2 is 1.81 bits per heavy atom. The molecule has 166 valence electrons. The van der Waals surface area contributed by atoms with Crippen LogP contribution in [0, 0.1) is 17.7 Å². The molecule has 2 aliphatic rings. The third-order valence-electron chi connectivity index (χ3n) is 6.77. The zero-order valence-corrected chi connectivity index (χ0v) is 18.4. The summed E-state index contributed by atoms with van der Waals surface area (Å²) in [6, 6.07) is 14.4. The van der Waals surface area contributed by atoms with E-state index in [9.17, 15) is 9.18 Å². The van der Waals surface area contributed by atoms with Crippen molar-refractivity contribution in [3.63, 3.8) is 0 Å².